The van der Waals surface area contributed by atoms with E-state index in [9.17, 15) is 19.5 Å². The van der Waals surface area contributed by atoms with Gasteiger partial charge in [0.2, 0.25) is 5.95 Å². The van der Waals surface area contributed by atoms with E-state index in [4.69, 9.17) is 15.3 Å². The van der Waals surface area contributed by atoms with Crippen LogP contribution in [0.4, 0.5) is 5.95 Å². The van der Waals surface area contributed by atoms with Gasteiger partial charge in [0.25, 0.3) is 17.4 Å². The predicted octanol–water partition coefficient (Wildman–Crippen LogP) is -0.422. The number of hydroxylamine groups is 2. The molecule has 4 N–H and O–H groups in total. The summed E-state index contributed by atoms with van der Waals surface area (Å²) in [5.74, 6) is -1.24. The molecule has 0 radical (unpaired) electrons. The largest absolute Gasteiger partial charge is 0.394 e. The molecule has 12 heteroatoms. The van der Waals surface area contributed by atoms with Crippen molar-refractivity contribution in [1.29, 1.82) is 0 Å². The van der Waals surface area contributed by atoms with Crippen LogP contribution in [0.2, 0.25) is 0 Å². The van der Waals surface area contributed by atoms with Gasteiger partial charge >= 0.3 is 0 Å². The number of nitrogens with two attached hydrogens (primary N) is 1. The molecule has 1 fully saturated rings. The Morgan fingerprint density at radius 3 is 2.60 bits per heavy atom. The number of imidazole rings is 1. The van der Waals surface area contributed by atoms with E-state index in [0.29, 0.717) is 5.06 Å². The predicted molar refractivity (Wildman–Crippen MR) is 100.0 cm³/mol. The summed E-state index contributed by atoms with van der Waals surface area (Å²) in [7, 11) is 0. The number of aromatic nitrogens is 4. The Bertz CT molecular complexity index is 1200. The van der Waals surface area contributed by atoms with Crippen LogP contribution in [-0.4, -0.2) is 60.3 Å². The molecule has 1 aromatic carbocycles. The van der Waals surface area contributed by atoms with Gasteiger partial charge in [0.15, 0.2) is 11.2 Å². The van der Waals surface area contributed by atoms with Crippen molar-refractivity contribution in [1.82, 2.24) is 24.6 Å². The number of aliphatic hydroxyl groups is 1. The van der Waals surface area contributed by atoms with Crippen molar-refractivity contribution in [2.24, 2.45) is 0 Å². The highest BCUT2D eigenvalue weighted by Gasteiger charge is 2.44. The number of aliphatic hydroxyl groups excluding tert-OH is 1. The quantitative estimate of drug-likeness (QED) is 0.482. The topological polar surface area (TPSA) is 166 Å². The summed E-state index contributed by atoms with van der Waals surface area (Å²) in [5.41, 5.74) is 5.91. The molecule has 0 aliphatic carbocycles. The van der Waals surface area contributed by atoms with Gasteiger partial charge in [-0.2, -0.15) is 4.98 Å². The van der Waals surface area contributed by atoms with E-state index in [1.807, 2.05) is 0 Å². The van der Waals surface area contributed by atoms with Gasteiger partial charge in [-0.25, -0.2) is 4.98 Å². The number of benzene rings is 1. The van der Waals surface area contributed by atoms with Crippen LogP contribution in [0.1, 0.15) is 33.4 Å². The zero-order valence-electron chi connectivity index (χ0n) is 15.4. The summed E-state index contributed by atoms with van der Waals surface area (Å²) in [6, 6.07) is 6.40. The normalized spacial score (nSPS) is 23.5. The Morgan fingerprint density at radius 2 is 1.93 bits per heavy atom. The second kappa shape index (κ2) is 6.73. The monoisotopic (exact) mass is 412 g/mol. The maximum Gasteiger partial charge on any atom is 0.285 e. The van der Waals surface area contributed by atoms with E-state index in [0.717, 1.165) is 0 Å². The minimum absolute atomic E-state index is 0.0789. The Labute approximate surface area is 167 Å². The Kier molecular flexibility index (Phi) is 4.13. The number of imide groups is 1. The molecule has 2 aromatic heterocycles. The average Bonchev–Trinajstić information content (AvgIpc) is 3.40. The molecule has 3 aromatic rings. The van der Waals surface area contributed by atoms with E-state index >= 15 is 0 Å². The number of amides is 2. The number of fused-ring (bicyclic) bond motifs is 2. The van der Waals surface area contributed by atoms with Gasteiger partial charge in [0.05, 0.1) is 24.1 Å². The SMILES string of the molecule is Nc1nc2c(ncn2C2CC(ON3C(=O)c4ccccc4C3=O)C(CO)O2)c(=O)[nH]1. The fraction of sp³-hybridized carbons (Fsp3) is 0.278. The fourth-order valence-corrected chi connectivity index (χ4v) is 3.70. The number of hydrogen-bond acceptors (Lipinski definition) is 9. The first-order valence-electron chi connectivity index (χ1n) is 9.11. The van der Waals surface area contributed by atoms with Crippen LogP contribution in [0.3, 0.4) is 0 Å². The highest BCUT2D eigenvalue weighted by Crippen LogP contribution is 2.34. The van der Waals surface area contributed by atoms with Gasteiger partial charge in [-0.3, -0.25) is 28.8 Å². The second-order valence-corrected chi connectivity index (χ2v) is 6.92. The number of H-pyrrole nitrogens is 1. The number of nitrogens with one attached hydrogen (secondary N) is 1. The number of nitrogen functional groups attached to an aromatic ring is 1. The van der Waals surface area contributed by atoms with Gasteiger partial charge in [-0.05, 0) is 12.1 Å². The molecule has 30 heavy (non-hydrogen) atoms. The van der Waals surface area contributed by atoms with Crippen LogP contribution < -0.4 is 11.3 Å². The molecule has 154 valence electrons. The third kappa shape index (κ3) is 2.69. The maximum absolute atomic E-state index is 12.5. The summed E-state index contributed by atoms with van der Waals surface area (Å²) < 4.78 is 7.31. The maximum atomic E-state index is 12.5. The van der Waals surface area contributed by atoms with Crippen molar-refractivity contribution in [3.63, 3.8) is 0 Å². The van der Waals surface area contributed by atoms with Crippen LogP contribution in [0, 0.1) is 0 Å². The van der Waals surface area contributed by atoms with Crippen LogP contribution in [-0.2, 0) is 9.57 Å². The van der Waals surface area contributed by atoms with Crippen molar-refractivity contribution in [2.75, 3.05) is 12.3 Å². The van der Waals surface area contributed by atoms with Crippen molar-refractivity contribution < 1.29 is 24.3 Å². The first-order valence-corrected chi connectivity index (χ1v) is 9.11. The molecule has 0 bridgehead atoms. The number of anilines is 1. The van der Waals surface area contributed by atoms with Crippen molar-refractivity contribution in [3.8, 4) is 0 Å². The minimum atomic E-state index is -0.823. The Balaban J connectivity index is 1.42. The first kappa shape index (κ1) is 18.4. The Morgan fingerprint density at radius 1 is 1.23 bits per heavy atom. The molecule has 0 spiro atoms. The molecule has 3 atom stereocenters. The summed E-state index contributed by atoms with van der Waals surface area (Å²) in [6.45, 7) is -0.410. The number of carbonyl (C=O) groups is 2. The van der Waals surface area contributed by atoms with Crippen LogP contribution in [0.5, 0.6) is 0 Å². The third-order valence-electron chi connectivity index (χ3n) is 5.12. The van der Waals surface area contributed by atoms with Crippen LogP contribution in [0.25, 0.3) is 11.2 Å². The molecular formula is C18H16N6O6. The lowest BCUT2D eigenvalue weighted by Crippen LogP contribution is -2.39. The molecule has 12 nitrogen and oxygen atoms in total. The smallest absolute Gasteiger partial charge is 0.285 e. The zero-order chi connectivity index (χ0) is 21.0. The molecule has 1 saturated heterocycles. The summed E-state index contributed by atoms with van der Waals surface area (Å²) in [6.07, 6.45) is -0.801. The lowest BCUT2D eigenvalue weighted by atomic mass is 10.1. The van der Waals surface area contributed by atoms with Gasteiger partial charge < -0.3 is 15.6 Å². The highest BCUT2D eigenvalue weighted by molar-refractivity contribution is 6.20. The number of rotatable bonds is 4. The standard InChI is InChI=1S/C18H16N6O6/c19-18-21-14-13(15(26)22-18)20-7-23(14)12-5-10(11(6-25)29-12)30-24-16(27)8-3-1-2-4-9(8)17(24)28/h1-4,7,10-12,25H,5-6H2,(H3,19,21,22,26). The number of carbonyl (C=O) groups excluding carboxylic acids is 2. The third-order valence-corrected chi connectivity index (χ3v) is 5.12. The van der Waals surface area contributed by atoms with Crippen molar-refractivity contribution in [2.45, 2.75) is 24.9 Å². The molecule has 2 amide bonds. The first-order chi connectivity index (χ1) is 14.5. The summed E-state index contributed by atoms with van der Waals surface area (Å²) >= 11 is 0. The van der Waals surface area contributed by atoms with E-state index in [-0.39, 0.29) is 34.7 Å². The van der Waals surface area contributed by atoms with E-state index in [1.165, 1.54) is 10.9 Å². The van der Waals surface area contributed by atoms with E-state index < -0.39 is 42.4 Å². The molecule has 4 heterocycles. The van der Waals surface area contributed by atoms with Gasteiger partial charge in [0.1, 0.15) is 18.4 Å². The van der Waals surface area contributed by atoms with E-state index in [2.05, 4.69) is 15.0 Å². The lowest BCUT2D eigenvalue weighted by molar-refractivity contribution is -0.155. The fourth-order valence-electron chi connectivity index (χ4n) is 3.70. The van der Waals surface area contributed by atoms with Crippen molar-refractivity contribution >= 4 is 28.9 Å². The summed E-state index contributed by atoms with van der Waals surface area (Å²) in [5, 5.41) is 10.4. The van der Waals surface area contributed by atoms with Crippen LogP contribution in [0.15, 0.2) is 35.4 Å². The van der Waals surface area contributed by atoms with Gasteiger partial charge in [-0.15, -0.1) is 5.06 Å². The number of hydrogen-bond donors (Lipinski definition) is 3. The van der Waals surface area contributed by atoms with Gasteiger partial charge in [0, 0.05) is 6.42 Å². The molecular weight excluding hydrogens is 396 g/mol. The molecule has 5 rings (SSSR count). The van der Waals surface area contributed by atoms with Gasteiger partial charge in [-0.1, -0.05) is 12.1 Å². The average molecular weight is 412 g/mol. The van der Waals surface area contributed by atoms with E-state index in [1.54, 1.807) is 24.3 Å². The molecule has 2 aliphatic heterocycles. The Hall–Kier alpha value is -3.61. The minimum Gasteiger partial charge on any atom is -0.394 e. The second-order valence-electron chi connectivity index (χ2n) is 6.92. The molecule has 3 unspecified atom stereocenters. The van der Waals surface area contributed by atoms with Crippen LogP contribution >= 0.6 is 0 Å². The number of ether oxygens (including phenoxy) is 1. The number of nitrogens with zero attached hydrogens (tertiary/aromatic N) is 4. The molecule has 0 saturated carbocycles. The highest BCUT2D eigenvalue weighted by atomic mass is 16.7. The zero-order valence-corrected chi connectivity index (χ0v) is 15.4. The summed E-state index contributed by atoms with van der Waals surface area (Å²) in [4.78, 5) is 53.2. The number of aromatic amines is 1. The lowest BCUT2D eigenvalue weighted by Gasteiger charge is -2.21. The van der Waals surface area contributed by atoms with Crippen molar-refractivity contribution in [3.05, 3.63) is 52.1 Å². The molecule has 2 aliphatic rings.